The standard InChI is InChI=1S/C21H15NO2S/c23-17-12-11-16(13-18(17)24)21-22-19(14-7-3-1-4-8-14)20(25-21)15-9-5-2-6-10-15/h1-13,23-24H. The van der Waals surface area contributed by atoms with Gasteiger partial charge in [0.2, 0.25) is 0 Å². The van der Waals surface area contributed by atoms with E-state index in [1.807, 2.05) is 48.5 Å². The lowest BCUT2D eigenvalue weighted by atomic mass is 10.1. The predicted molar refractivity (Wildman–Crippen MR) is 102 cm³/mol. The zero-order valence-electron chi connectivity index (χ0n) is 13.3. The molecule has 25 heavy (non-hydrogen) atoms. The van der Waals surface area contributed by atoms with Crippen LogP contribution in [0.1, 0.15) is 0 Å². The third-order valence-electron chi connectivity index (χ3n) is 3.93. The molecule has 4 heteroatoms. The number of benzene rings is 3. The molecule has 0 aliphatic carbocycles. The highest BCUT2D eigenvalue weighted by Gasteiger charge is 2.16. The van der Waals surface area contributed by atoms with Crippen molar-refractivity contribution in [3.05, 3.63) is 78.9 Å². The SMILES string of the molecule is Oc1ccc(-c2nc(-c3ccccc3)c(-c3ccccc3)s2)cc1O. The molecule has 3 nitrogen and oxygen atoms in total. The highest BCUT2D eigenvalue weighted by Crippen LogP contribution is 2.41. The maximum atomic E-state index is 9.80. The summed E-state index contributed by atoms with van der Waals surface area (Å²) >= 11 is 1.57. The molecule has 0 bridgehead atoms. The number of phenolic OH excluding ortho intramolecular Hbond substituents is 2. The fraction of sp³-hybridized carbons (Fsp3) is 0. The number of aromatic nitrogens is 1. The van der Waals surface area contributed by atoms with Gasteiger partial charge in [-0.1, -0.05) is 60.7 Å². The Balaban J connectivity index is 1.90. The maximum Gasteiger partial charge on any atom is 0.158 e. The van der Waals surface area contributed by atoms with Crippen molar-refractivity contribution < 1.29 is 10.2 Å². The molecular weight excluding hydrogens is 330 g/mol. The molecule has 0 saturated heterocycles. The van der Waals surface area contributed by atoms with Crippen LogP contribution in [0, 0.1) is 0 Å². The van der Waals surface area contributed by atoms with Gasteiger partial charge < -0.3 is 10.2 Å². The van der Waals surface area contributed by atoms with Crippen LogP contribution in [0.2, 0.25) is 0 Å². The van der Waals surface area contributed by atoms with Gasteiger partial charge in [-0.2, -0.15) is 0 Å². The van der Waals surface area contributed by atoms with Gasteiger partial charge in [-0.05, 0) is 23.8 Å². The van der Waals surface area contributed by atoms with E-state index in [0.717, 1.165) is 32.3 Å². The Labute approximate surface area is 149 Å². The first-order valence-electron chi connectivity index (χ1n) is 7.86. The largest absolute Gasteiger partial charge is 0.504 e. The molecule has 0 spiro atoms. The Morgan fingerprint density at radius 3 is 1.92 bits per heavy atom. The van der Waals surface area contributed by atoms with Crippen molar-refractivity contribution in [2.45, 2.75) is 0 Å². The van der Waals surface area contributed by atoms with Crippen LogP contribution in [0.25, 0.3) is 32.3 Å². The van der Waals surface area contributed by atoms with E-state index in [1.54, 1.807) is 17.4 Å². The first kappa shape index (κ1) is 15.4. The molecule has 122 valence electrons. The van der Waals surface area contributed by atoms with Gasteiger partial charge in [-0.3, -0.25) is 0 Å². The maximum absolute atomic E-state index is 9.80. The molecule has 2 N–H and O–H groups in total. The van der Waals surface area contributed by atoms with Crippen LogP contribution in [0.3, 0.4) is 0 Å². The summed E-state index contributed by atoms with van der Waals surface area (Å²) in [6, 6.07) is 25.0. The van der Waals surface area contributed by atoms with Crippen LogP contribution in [0.5, 0.6) is 11.5 Å². The van der Waals surface area contributed by atoms with E-state index in [4.69, 9.17) is 4.98 Å². The molecule has 0 aliphatic heterocycles. The van der Waals surface area contributed by atoms with Gasteiger partial charge in [0, 0.05) is 11.1 Å². The van der Waals surface area contributed by atoms with Crippen LogP contribution in [-0.2, 0) is 0 Å². The molecule has 0 fully saturated rings. The van der Waals surface area contributed by atoms with Crippen molar-refractivity contribution >= 4 is 11.3 Å². The Hall–Kier alpha value is -3.11. The topological polar surface area (TPSA) is 53.4 Å². The van der Waals surface area contributed by atoms with Crippen LogP contribution in [0.4, 0.5) is 0 Å². The summed E-state index contributed by atoms with van der Waals surface area (Å²) in [4.78, 5) is 5.90. The van der Waals surface area contributed by atoms with Crippen molar-refractivity contribution in [3.8, 4) is 43.8 Å². The van der Waals surface area contributed by atoms with Crippen molar-refractivity contribution in [2.24, 2.45) is 0 Å². The third kappa shape index (κ3) is 2.99. The fourth-order valence-electron chi connectivity index (χ4n) is 2.68. The van der Waals surface area contributed by atoms with Crippen LogP contribution >= 0.6 is 11.3 Å². The fourth-order valence-corrected chi connectivity index (χ4v) is 3.77. The second-order valence-electron chi connectivity index (χ2n) is 5.63. The number of aromatic hydroxyl groups is 2. The van der Waals surface area contributed by atoms with Gasteiger partial charge in [0.05, 0.1) is 10.6 Å². The minimum absolute atomic E-state index is 0.133. The molecule has 0 amide bonds. The van der Waals surface area contributed by atoms with Crippen molar-refractivity contribution in [3.63, 3.8) is 0 Å². The van der Waals surface area contributed by atoms with E-state index in [2.05, 4.69) is 12.1 Å². The third-order valence-corrected chi connectivity index (χ3v) is 5.09. The molecule has 3 aromatic carbocycles. The minimum Gasteiger partial charge on any atom is -0.504 e. The molecule has 1 heterocycles. The Kier molecular flexibility index (Phi) is 3.96. The van der Waals surface area contributed by atoms with Crippen LogP contribution in [-0.4, -0.2) is 15.2 Å². The molecule has 0 saturated carbocycles. The lowest BCUT2D eigenvalue weighted by Crippen LogP contribution is -1.82. The van der Waals surface area contributed by atoms with Gasteiger partial charge in [0.1, 0.15) is 5.01 Å². The monoisotopic (exact) mass is 345 g/mol. The number of nitrogens with zero attached hydrogens (tertiary/aromatic N) is 1. The second-order valence-corrected chi connectivity index (χ2v) is 6.63. The first-order valence-corrected chi connectivity index (χ1v) is 8.68. The molecular formula is C21H15NO2S. The summed E-state index contributed by atoms with van der Waals surface area (Å²) in [5, 5.41) is 20.1. The molecule has 0 unspecified atom stereocenters. The molecule has 0 atom stereocenters. The summed E-state index contributed by atoms with van der Waals surface area (Å²) < 4.78 is 0. The van der Waals surface area contributed by atoms with Gasteiger partial charge >= 0.3 is 0 Å². The number of thiazole rings is 1. The number of hydrogen-bond acceptors (Lipinski definition) is 4. The second kappa shape index (κ2) is 6.42. The molecule has 4 rings (SSSR count). The quantitative estimate of drug-likeness (QED) is 0.478. The van der Waals surface area contributed by atoms with Gasteiger partial charge in [0.25, 0.3) is 0 Å². The number of rotatable bonds is 3. The number of hydrogen-bond donors (Lipinski definition) is 2. The van der Waals surface area contributed by atoms with Crippen LogP contribution < -0.4 is 0 Å². The van der Waals surface area contributed by atoms with Crippen molar-refractivity contribution in [1.29, 1.82) is 0 Å². The lowest BCUT2D eigenvalue weighted by molar-refractivity contribution is 0.404. The number of phenols is 2. The minimum atomic E-state index is -0.143. The average molecular weight is 345 g/mol. The summed E-state index contributed by atoms with van der Waals surface area (Å²) in [5.41, 5.74) is 3.85. The summed E-state index contributed by atoms with van der Waals surface area (Å²) in [6.45, 7) is 0. The van der Waals surface area contributed by atoms with Gasteiger partial charge in [-0.25, -0.2) is 4.98 Å². The van der Waals surface area contributed by atoms with E-state index in [-0.39, 0.29) is 11.5 Å². The zero-order chi connectivity index (χ0) is 17.2. The van der Waals surface area contributed by atoms with Gasteiger partial charge in [-0.15, -0.1) is 11.3 Å². The van der Waals surface area contributed by atoms with Crippen LogP contribution in [0.15, 0.2) is 78.9 Å². The smallest absolute Gasteiger partial charge is 0.158 e. The van der Waals surface area contributed by atoms with Gasteiger partial charge in [0.15, 0.2) is 11.5 Å². The highest BCUT2D eigenvalue weighted by atomic mass is 32.1. The Morgan fingerprint density at radius 1 is 0.640 bits per heavy atom. The van der Waals surface area contributed by atoms with E-state index in [1.165, 1.54) is 12.1 Å². The lowest BCUT2D eigenvalue weighted by Gasteiger charge is -2.02. The van der Waals surface area contributed by atoms with E-state index < -0.39 is 0 Å². The van der Waals surface area contributed by atoms with E-state index in [0.29, 0.717) is 0 Å². The molecule has 4 aromatic rings. The first-order chi connectivity index (χ1) is 12.2. The summed E-state index contributed by atoms with van der Waals surface area (Å²) in [6.07, 6.45) is 0. The van der Waals surface area contributed by atoms with E-state index in [9.17, 15) is 10.2 Å². The summed E-state index contributed by atoms with van der Waals surface area (Å²) in [7, 11) is 0. The zero-order valence-corrected chi connectivity index (χ0v) is 14.1. The summed E-state index contributed by atoms with van der Waals surface area (Å²) in [5.74, 6) is -0.276. The Bertz CT molecular complexity index is 954. The Morgan fingerprint density at radius 2 is 1.28 bits per heavy atom. The normalized spacial score (nSPS) is 10.7. The highest BCUT2D eigenvalue weighted by molar-refractivity contribution is 7.19. The molecule has 0 radical (unpaired) electrons. The molecule has 0 aliphatic rings. The average Bonchev–Trinajstić information content (AvgIpc) is 3.11. The van der Waals surface area contributed by atoms with Crippen molar-refractivity contribution in [1.82, 2.24) is 4.98 Å². The van der Waals surface area contributed by atoms with Crippen molar-refractivity contribution in [2.75, 3.05) is 0 Å². The predicted octanol–water partition coefficient (Wildman–Crippen LogP) is 5.56. The van der Waals surface area contributed by atoms with E-state index >= 15 is 0 Å². The molecule has 1 aromatic heterocycles.